The van der Waals surface area contributed by atoms with Crippen molar-refractivity contribution in [2.75, 3.05) is 12.4 Å². The van der Waals surface area contributed by atoms with Crippen molar-refractivity contribution in [2.24, 2.45) is 0 Å². The SMILES string of the molecule is COc1cc([N+](=O)[O-])ccc1NC(=O)c1ccc2c(c1)CC(c1ccc(C)cc1)OC2=O. The predicted octanol–water partition coefficient (Wildman–Crippen LogP) is 4.62. The molecule has 1 amide bonds. The standard InChI is InChI=1S/C24H20N2O6/c1-14-3-5-15(6-4-14)21-12-17-11-16(7-9-19(17)24(28)32-21)23(27)25-20-10-8-18(26(29)30)13-22(20)31-2/h3-11,13,21H,12H2,1-2H3,(H,25,27). The summed E-state index contributed by atoms with van der Waals surface area (Å²) in [7, 11) is 1.37. The number of nitrogens with one attached hydrogen (secondary N) is 1. The molecule has 0 aliphatic carbocycles. The van der Waals surface area contributed by atoms with E-state index >= 15 is 0 Å². The molecule has 3 aromatic rings. The number of nitro groups is 1. The number of ether oxygens (including phenoxy) is 2. The number of carbonyl (C=O) groups excluding carboxylic acids is 2. The van der Waals surface area contributed by atoms with Crippen LogP contribution in [0.1, 0.15) is 43.5 Å². The quantitative estimate of drug-likeness (QED) is 0.358. The molecule has 4 rings (SSSR count). The van der Waals surface area contributed by atoms with Crippen molar-refractivity contribution in [3.05, 3.63) is 98.6 Å². The second-order valence-corrected chi connectivity index (χ2v) is 7.48. The van der Waals surface area contributed by atoms with Crippen LogP contribution in [0.5, 0.6) is 5.75 Å². The fourth-order valence-electron chi connectivity index (χ4n) is 3.60. The van der Waals surface area contributed by atoms with E-state index in [1.807, 2.05) is 31.2 Å². The average molecular weight is 432 g/mol. The van der Waals surface area contributed by atoms with Gasteiger partial charge in [-0.3, -0.25) is 14.9 Å². The Hall–Kier alpha value is -4.20. The molecule has 8 heteroatoms. The van der Waals surface area contributed by atoms with Crippen LogP contribution in [-0.2, 0) is 11.2 Å². The molecular formula is C24H20N2O6. The van der Waals surface area contributed by atoms with Crippen molar-refractivity contribution < 1.29 is 24.0 Å². The Kier molecular flexibility index (Phi) is 5.59. The number of carbonyl (C=O) groups is 2. The van der Waals surface area contributed by atoms with Gasteiger partial charge in [0, 0.05) is 18.1 Å². The molecule has 162 valence electrons. The van der Waals surface area contributed by atoms with E-state index in [2.05, 4.69) is 5.32 Å². The fraction of sp³-hybridized carbons (Fsp3) is 0.167. The number of hydrogen-bond donors (Lipinski definition) is 1. The number of nitro benzene ring substituents is 1. The smallest absolute Gasteiger partial charge is 0.339 e. The predicted molar refractivity (Wildman–Crippen MR) is 117 cm³/mol. The zero-order valence-electron chi connectivity index (χ0n) is 17.5. The van der Waals surface area contributed by atoms with Gasteiger partial charge in [0.25, 0.3) is 11.6 Å². The molecular weight excluding hydrogens is 412 g/mol. The molecule has 1 aliphatic rings. The topological polar surface area (TPSA) is 108 Å². The highest BCUT2D eigenvalue weighted by atomic mass is 16.6. The maximum atomic E-state index is 12.8. The Morgan fingerprint density at radius 1 is 1.12 bits per heavy atom. The van der Waals surface area contributed by atoms with Crippen LogP contribution in [0.3, 0.4) is 0 Å². The van der Waals surface area contributed by atoms with Gasteiger partial charge in [-0.1, -0.05) is 29.8 Å². The highest BCUT2D eigenvalue weighted by Crippen LogP contribution is 2.32. The summed E-state index contributed by atoms with van der Waals surface area (Å²) in [5, 5.41) is 13.7. The van der Waals surface area contributed by atoms with Gasteiger partial charge < -0.3 is 14.8 Å². The highest BCUT2D eigenvalue weighted by Gasteiger charge is 2.28. The minimum absolute atomic E-state index is 0.144. The molecule has 0 radical (unpaired) electrons. The Balaban J connectivity index is 1.58. The van der Waals surface area contributed by atoms with E-state index in [0.29, 0.717) is 23.2 Å². The third kappa shape index (κ3) is 4.15. The minimum atomic E-state index is -0.541. The van der Waals surface area contributed by atoms with Gasteiger partial charge >= 0.3 is 5.97 Å². The lowest BCUT2D eigenvalue weighted by atomic mass is 9.92. The monoisotopic (exact) mass is 432 g/mol. The van der Waals surface area contributed by atoms with Gasteiger partial charge in [0.05, 0.1) is 29.4 Å². The number of amides is 1. The van der Waals surface area contributed by atoms with E-state index in [4.69, 9.17) is 9.47 Å². The van der Waals surface area contributed by atoms with Crippen molar-refractivity contribution in [1.29, 1.82) is 0 Å². The molecule has 1 atom stereocenters. The molecule has 0 saturated heterocycles. The van der Waals surface area contributed by atoms with E-state index in [1.54, 1.807) is 18.2 Å². The molecule has 32 heavy (non-hydrogen) atoms. The summed E-state index contributed by atoms with van der Waals surface area (Å²) in [5.41, 5.74) is 3.65. The first-order valence-corrected chi connectivity index (χ1v) is 9.90. The summed E-state index contributed by atoms with van der Waals surface area (Å²) < 4.78 is 10.8. The largest absolute Gasteiger partial charge is 0.494 e. The molecule has 0 spiro atoms. The van der Waals surface area contributed by atoms with Crippen molar-refractivity contribution in [3.63, 3.8) is 0 Å². The number of cyclic esters (lactones) is 1. The first kappa shape index (κ1) is 21.0. The third-order valence-corrected chi connectivity index (χ3v) is 5.34. The van der Waals surface area contributed by atoms with E-state index in [0.717, 1.165) is 16.7 Å². The summed E-state index contributed by atoms with van der Waals surface area (Å²) in [6.45, 7) is 1.98. The van der Waals surface area contributed by atoms with Crippen LogP contribution in [0.4, 0.5) is 11.4 Å². The van der Waals surface area contributed by atoms with Gasteiger partial charge in [-0.25, -0.2) is 4.79 Å². The highest BCUT2D eigenvalue weighted by molar-refractivity contribution is 6.06. The van der Waals surface area contributed by atoms with Crippen LogP contribution in [-0.4, -0.2) is 23.9 Å². The maximum absolute atomic E-state index is 12.8. The number of esters is 1. The van der Waals surface area contributed by atoms with Crippen molar-refractivity contribution in [3.8, 4) is 5.75 Å². The molecule has 1 aliphatic heterocycles. The van der Waals surface area contributed by atoms with Crippen molar-refractivity contribution in [2.45, 2.75) is 19.4 Å². The van der Waals surface area contributed by atoms with E-state index in [-0.39, 0.29) is 11.4 Å². The molecule has 1 unspecified atom stereocenters. The number of anilines is 1. The van der Waals surface area contributed by atoms with Crippen LogP contribution in [0.2, 0.25) is 0 Å². The van der Waals surface area contributed by atoms with Crippen molar-refractivity contribution in [1.82, 2.24) is 0 Å². The Morgan fingerprint density at radius 2 is 1.88 bits per heavy atom. The van der Waals surface area contributed by atoms with E-state index in [9.17, 15) is 19.7 Å². The first-order valence-electron chi connectivity index (χ1n) is 9.90. The lowest BCUT2D eigenvalue weighted by Crippen LogP contribution is -2.23. The second-order valence-electron chi connectivity index (χ2n) is 7.48. The zero-order chi connectivity index (χ0) is 22.8. The number of rotatable bonds is 5. The van der Waals surface area contributed by atoms with Gasteiger partial charge in [0.1, 0.15) is 11.9 Å². The average Bonchev–Trinajstić information content (AvgIpc) is 2.79. The maximum Gasteiger partial charge on any atom is 0.339 e. The van der Waals surface area contributed by atoms with Crippen LogP contribution in [0.15, 0.2) is 60.7 Å². The van der Waals surface area contributed by atoms with E-state index in [1.165, 1.54) is 25.3 Å². The number of fused-ring (bicyclic) bond motifs is 1. The number of nitrogens with zero attached hydrogens (tertiary/aromatic N) is 1. The van der Waals surface area contributed by atoms with Gasteiger partial charge in [0.15, 0.2) is 0 Å². The van der Waals surface area contributed by atoms with Gasteiger partial charge in [-0.2, -0.15) is 0 Å². The summed E-state index contributed by atoms with van der Waals surface area (Å²) in [4.78, 5) is 35.7. The fourth-order valence-corrected chi connectivity index (χ4v) is 3.60. The Labute approximate surface area is 183 Å². The number of non-ortho nitro benzene ring substituents is 1. The molecule has 1 N–H and O–H groups in total. The number of aryl methyl sites for hydroxylation is 1. The number of hydrogen-bond acceptors (Lipinski definition) is 6. The van der Waals surface area contributed by atoms with Crippen LogP contribution in [0, 0.1) is 17.0 Å². The van der Waals surface area contributed by atoms with Gasteiger partial charge in [-0.15, -0.1) is 0 Å². The molecule has 8 nitrogen and oxygen atoms in total. The lowest BCUT2D eigenvalue weighted by Gasteiger charge is -2.25. The Bertz CT molecular complexity index is 1220. The first-order chi connectivity index (χ1) is 15.4. The second kappa shape index (κ2) is 8.50. The van der Waals surface area contributed by atoms with E-state index < -0.39 is 22.9 Å². The summed E-state index contributed by atoms with van der Waals surface area (Å²) >= 11 is 0. The zero-order valence-corrected chi connectivity index (χ0v) is 17.5. The Morgan fingerprint density at radius 3 is 2.56 bits per heavy atom. The molecule has 1 heterocycles. The van der Waals surface area contributed by atoms with Gasteiger partial charge in [-0.05, 0) is 42.3 Å². The number of methoxy groups -OCH3 is 1. The van der Waals surface area contributed by atoms with Crippen LogP contribution < -0.4 is 10.1 Å². The third-order valence-electron chi connectivity index (χ3n) is 5.34. The van der Waals surface area contributed by atoms with Crippen LogP contribution in [0.25, 0.3) is 0 Å². The summed E-state index contributed by atoms with van der Waals surface area (Å²) in [5.74, 6) is -0.680. The van der Waals surface area contributed by atoms with Crippen molar-refractivity contribution >= 4 is 23.3 Å². The molecule has 0 aromatic heterocycles. The lowest BCUT2D eigenvalue weighted by molar-refractivity contribution is -0.384. The normalized spacial score (nSPS) is 14.8. The summed E-state index contributed by atoms with van der Waals surface area (Å²) in [6.07, 6.45) is 0.0234. The number of benzene rings is 3. The van der Waals surface area contributed by atoms with Crippen LogP contribution >= 0.6 is 0 Å². The molecule has 3 aromatic carbocycles. The summed E-state index contributed by atoms with van der Waals surface area (Å²) in [6, 6.07) is 16.5. The van der Waals surface area contributed by atoms with Gasteiger partial charge in [0.2, 0.25) is 0 Å². The molecule has 0 fully saturated rings. The molecule has 0 bridgehead atoms. The molecule has 0 saturated carbocycles. The minimum Gasteiger partial charge on any atom is -0.494 e.